The highest BCUT2D eigenvalue weighted by atomic mass is 16.5. The zero-order chi connectivity index (χ0) is 16.3. The van der Waals surface area contributed by atoms with Crippen LogP contribution in [-0.4, -0.2) is 36.2 Å². The van der Waals surface area contributed by atoms with Crippen molar-refractivity contribution in [2.24, 2.45) is 0 Å². The molecule has 1 atom stereocenters. The Balaban J connectivity index is 2.24. The molecular formula is C16H19NO5. The molecule has 1 heterocycles. The van der Waals surface area contributed by atoms with E-state index >= 15 is 0 Å². The van der Waals surface area contributed by atoms with Gasteiger partial charge in [0.25, 0.3) is 5.91 Å². The fourth-order valence-electron chi connectivity index (χ4n) is 2.04. The minimum atomic E-state index is -1.30. The average molecular weight is 305 g/mol. The van der Waals surface area contributed by atoms with E-state index in [1.807, 2.05) is 0 Å². The van der Waals surface area contributed by atoms with Gasteiger partial charge < -0.3 is 19.9 Å². The number of aliphatic carboxylic acids is 1. The molecule has 1 aromatic carbocycles. The molecule has 1 unspecified atom stereocenters. The lowest BCUT2D eigenvalue weighted by Crippen LogP contribution is -2.52. The second-order valence-corrected chi connectivity index (χ2v) is 5.31. The summed E-state index contributed by atoms with van der Waals surface area (Å²) in [5.41, 5.74) is -0.196. The van der Waals surface area contributed by atoms with E-state index in [2.05, 4.69) is 5.32 Å². The van der Waals surface area contributed by atoms with E-state index in [-0.39, 0.29) is 13.0 Å². The number of carbonyl (C=O) groups is 2. The van der Waals surface area contributed by atoms with Crippen LogP contribution in [0, 0.1) is 0 Å². The first-order valence-corrected chi connectivity index (χ1v) is 6.97. The molecule has 2 rings (SSSR count). The summed E-state index contributed by atoms with van der Waals surface area (Å²) in [4.78, 5) is 23.6. The summed E-state index contributed by atoms with van der Waals surface area (Å²) in [6.07, 6.45) is 1.97. The van der Waals surface area contributed by atoms with Gasteiger partial charge in [-0.25, -0.2) is 4.79 Å². The Hall–Kier alpha value is -2.50. The predicted molar refractivity (Wildman–Crippen MR) is 80.9 cm³/mol. The Kier molecular flexibility index (Phi) is 4.40. The molecule has 0 fully saturated rings. The molecule has 1 amide bonds. The van der Waals surface area contributed by atoms with Crippen LogP contribution in [0.15, 0.2) is 23.8 Å². The second kappa shape index (κ2) is 6.09. The largest absolute Gasteiger partial charge is 0.497 e. The lowest BCUT2D eigenvalue weighted by atomic mass is 9.98. The summed E-state index contributed by atoms with van der Waals surface area (Å²) in [5, 5.41) is 11.8. The molecule has 1 aliphatic rings. The summed E-state index contributed by atoms with van der Waals surface area (Å²) in [6, 6.07) is 5.31. The van der Waals surface area contributed by atoms with Crippen LogP contribution in [0.25, 0.3) is 6.08 Å². The number of carbonyl (C=O) groups excluding carboxylic acids is 1. The molecule has 6 nitrogen and oxygen atoms in total. The number of carboxylic acid groups (broad SMARTS) is 1. The fourth-order valence-corrected chi connectivity index (χ4v) is 2.04. The van der Waals surface area contributed by atoms with Gasteiger partial charge in [-0.2, -0.15) is 0 Å². The third kappa shape index (κ3) is 3.05. The van der Waals surface area contributed by atoms with Crippen LogP contribution in [0.2, 0.25) is 0 Å². The van der Waals surface area contributed by atoms with Crippen molar-refractivity contribution in [3.63, 3.8) is 0 Å². The van der Waals surface area contributed by atoms with Crippen molar-refractivity contribution in [1.29, 1.82) is 0 Å². The smallest absolute Gasteiger partial charge is 0.329 e. The number of hydrogen-bond donors (Lipinski definition) is 2. The lowest BCUT2D eigenvalue weighted by Gasteiger charge is -2.26. The van der Waals surface area contributed by atoms with Crippen LogP contribution in [-0.2, 0) is 9.59 Å². The van der Waals surface area contributed by atoms with Gasteiger partial charge in [-0.3, -0.25) is 4.79 Å². The van der Waals surface area contributed by atoms with Gasteiger partial charge in [-0.1, -0.05) is 6.92 Å². The van der Waals surface area contributed by atoms with Gasteiger partial charge in [0.2, 0.25) is 0 Å². The lowest BCUT2D eigenvalue weighted by molar-refractivity contribution is -0.146. The minimum Gasteiger partial charge on any atom is -0.497 e. The molecule has 0 bridgehead atoms. The topological polar surface area (TPSA) is 84.9 Å². The minimum absolute atomic E-state index is 0.102. The molecule has 0 aliphatic carbocycles. The van der Waals surface area contributed by atoms with E-state index in [0.717, 1.165) is 5.56 Å². The Morgan fingerprint density at radius 1 is 1.45 bits per heavy atom. The van der Waals surface area contributed by atoms with Crippen LogP contribution >= 0.6 is 0 Å². The maximum Gasteiger partial charge on any atom is 0.329 e. The highest BCUT2D eigenvalue weighted by molar-refractivity contribution is 6.01. The van der Waals surface area contributed by atoms with Crippen LogP contribution in [0.5, 0.6) is 11.5 Å². The van der Waals surface area contributed by atoms with Crippen molar-refractivity contribution in [1.82, 2.24) is 5.32 Å². The normalized spacial score (nSPS) is 15.7. The van der Waals surface area contributed by atoms with Crippen LogP contribution in [0.1, 0.15) is 25.8 Å². The number of nitrogens with one attached hydrogen (secondary N) is 1. The van der Waals surface area contributed by atoms with Crippen molar-refractivity contribution in [3.8, 4) is 11.5 Å². The van der Waals surface area contributed by atoms with Gasteiger partial charge in [0, 0.05) is 5.56 Å². The highest BCUT2D eigenvalue weighted by Gasteiger charge is 2.34. The van der Waals surface area contributed by atoms with Crippen LogP contribution in [0.4, 0.5) is 0 Å². The number of ether oxygens (including phenoxy) is 2. The van der Waals surface area contributed by atoms with Crippen LogP contribution < -0.4 is 14.8 Å². The maximum absolute atomic E-state index is 12.3. The Morgan fingerprint density at radius 2 is 2.18 bits per heavy atom. The Morgan fingerprint density at radius 3 is 2.77 bits per heavy atom. The summed E-state index contributed by atoms with van der Waals surface area (Å²) in [6.45, 7) is 3.29. The number of rotatable bonds is 5. The zero-order valence-electron chi connectivity index (χ0n) is 12.8. The predicted octanol–water partition coefficient (Wildman–Crippen LogP) is 1.84. The van der Waals surface area contributed by atoms with Gasteiger partial charge >= 0.3 is 5.97 Å². The van der Waals surface area contributed by atoms with Gasteiger partial charge in [0.15, 0.2) is 0 Å². The Labute approximate surface area is 128 Å². The molecule has 6 heteroatoms. The number of carboxylic acids is 1. The average Bonchev–Trinajstić information content (AvgIpc) is 2.53. The molecule has 0 aromatic heterocycles. The summed E-state index contributed by atoms with van der Waals surface area (Å²) in [7, 11) is 1.56. The number of benzene rings is 1. The third-order valence-corrected chi connectivity index (χ3v) is 3.79. The number of methoxy groups -OCH3 is 1. The first kappa shape index (κ1) is 15.9. The monoisotopic (exact) mass is 305 g/mol. The van der Waals surface area contributed by atoms with Crippen molar-refractivity contribution in [3.05, 3.63) is 29.3 Å². The van der Waals surface area contributed by atoms with E-state index in [0.29, 0.717) is 17.1 Å². The van der Waals surface area contributed by atoms with Gasteiger partial charge in [0.05, 0.1) is 12.7 Å². The molecule has 0 radical (unpaired) electrons. The second-order valence-electron chi connectivity index (χ2n) is 5.31. The van der Waals surface area contributed by atoms with Crippen molar-refractivity contribution in [2.45, 2.75) is 25.8 Å². The highest BCUT2D eigenvalue weighted by Crippen LogP contribution is 2.30. The fraction of sp³-hybridized carbons (Fsp3) is 0.375. The van der Waals surface area contributed by atoms with E-state index < -0.39 is 17.4 Å². The van der Waals surface area contributed by atoms with Gasteiger partial charge in [-0.05, 0) is 37.6 Å². The molecule has 0 saturated carbocycles. The van der Waals surface area contributed by atoms with E-state index in [1.165, 1.54) is 6.92 Å². The van der Waals surface area contributed by atoms with Gasteiger partial charge in [-0.15, -0.1) is 0 Å². The first-order chi connectivity index (χ1) is 10.4. The first-order valence-electron chi connectivity index (χ1n) is 6.97. The number of fused-ring (bicyclic) bond motifs is 1. The number of hydrogen-bond acceptors (Lipinski definition) is 4. The SMILES string of the molecule is CCC(C)(NC(=O)C1=Cc2cc(OC)ccc2OC1)C(=O)O. The van der Waals surface area contributed by atoms with Crippen LogP contribution in [0.3, 0.4) is 0 Å². The summed E-state index contributed by atoms with van der Waals surface area (Å²) < 4.78 is 10.7. The quantitative estimate of drug-likeness (QED) is 0.867. The zero-order valence-corrected chi connectivity index (χ0v) is 12.8. The molecule has 22 heavy (non-hydrogen) atoms. The summed E-state index contributed by atoms with van der Waals surface area (Å²) in [5.74, 6) is -0.194. The molecule has 2 N–H and O–H groups in total. The molecular weight excluding hydrogens is 286 g/mol. The standard InChI is InChI=1S/C16H19NO5/c1-4-16(2,15(19)20)17-14(18)11-7-10-8-12(21-3)5-6-13(10)22-9-11/h5-8H,4,9H2,1-3H3,(H,17,18)(H,19,20). The van der Waals surface area contributed by atoms with Crippen molar-refractivity contribution < 1.29 is 24.2 Å². The third-order valence-electron chi connectivity index (χ3n) is 3.79. The molecule has 1 aromatic rings. The molecule has 0 spiro atoms. The molecule has 0 saturated heterocycles. The maximum atomic E-state index is 12.3. The summed E-state index contributed by atoms with van der Waals surface area (Å²) >= 11 is 0. The van der Waals surface area contributed by atoms with Gasteiger partial charge in [0.1, 0.15) is 23.6 Å². The number of amides is 1. The van der Waals surface area contributed by atoms with E-state index in [9.17, 15) is 14.7 Å². The molecule has 118 valence electrons. The van der Waals surface area contributed by atoms with E-state index in [4.69, 9.17) is 9.47 Å². The molecule has 1 aliphatic heterocycles. The Bertz CT molecular complexity index is 637. The van der Waals surface area contributed by atoms with Crippen molar-refractivity contribution >= 4 is 18.0 Å². The van der Waals surface area contributed by atoms with Crippen molar-refractivity contribution in [2.75, 3.05) is 13.7 Å². The van der Waals surface area contributed by atoms with E-state index in [1.54, 1.807) is 38.3 Å².